The van der Waals surface area contributed by atoms with Crippen LogP contribution >= 0.6 is 11.5 Å². The Morgan fingerprint density at radius 2 is 2.62 bits per heavy atom. The van der Waals surface area contributed by atoms with Crippen LogP contribution in [0, 0.1) is 5.92 Å². The lowest BCUT2D eigenvalue weighted by atomic mass is 9.95. The van der Waals surface area contributed by atoms with Crippen molar-refractivity contribution in [1.82, 2.24) is 4.37 Å². The third kappa shape index (κ3) is 1.75. The Morgan fingerprint density at radius 3 is 3.15 bits per heavy atom. The number of aliphatic hydroxyl groups is 1. The van der Waals surface area contributed by atoms with Gasteiger partial charge in [0.25, 0.3) is 0 Å². The summed E-state index contributed by atoms with van der Waals surface area (Å²) in [6.45, 7) is 2.78. The highest BCUT2D eigenvalue weighted by molar-refractivity contribution is 7.05. The summed E-state index contributed by atoms with van der Waals surface area (Å²) in [4.78, 5) is 0.947. The summed E-state index contributed by atoms with van der Waals surface area (Å²) in [6.07, 6.45) is 2.44. The van der Waals surface area contributed by atoms with Crippen molar-refractivity contribution in [3.63, 3.8) is 0 Å². The largest absolute Gasteiger partial charge is 0.387 e. The lowest BCUT2D eigenvalue weighted by molar-refractivity contribution is 0.0448. The van der Waals surface area contributed by atoms with Gasteiger partial charge in [-0.15, -0.1) is 0 Å². The second kappa shape index (κ2) is 3.74. The van der Waals surface area contributed by atoms with Crippen molar-refractivity contribution in [2.24, 2.45) is 5.92 Å². The normalized spacial score (nSPS) is 30.6. The molecule has 0 bridgehead atoms. The molecule has 13 heavy (non-hydrogen) atoms. The molecular weight excluding hydrogens is 186 g/mol. The highest BCUT2D eigenvalue weighted by Crippen LogP contribution is 2.34. The Kier molecular flexibility index (Phi) is 2.62. The molecule has 1 aromatic rings. The molecule has 0 spiro atoms. The molecule has 3 atom stereocenters. The molecule has 2 heterocycles. The van der Waals surface area contributed by atoms with Crippen molar-refractivity contribution >= 4 is 11.5 Å². The fraction of sp³-hybridized carbons (Fsp3) is 0.667. The first-order valence-electron chi connectivity index (χ1n) is 4.49. The summed E-state index contributed by atoms with van der Waals surface area (Å²) in [7, 11) is 0. The Morgan fingerprint density at radius 1 is 1.77 bits per heavy atom. The zero-order chi connectivity index (χ0) is 9.26. The molecule has 1 saturated heterocycles. The second-order valence-corrected chi connectivity index (χ2v) is 4.25. The summed E-state index contributed by atoms with van der Waals surface area (Å²) in [6, 6.07) is 1.88. The Labute approximate surface area is 81.5 Å². The Bertz CT molecular complexity index is 263. The molecule has 1 aromatic heterocycles. The van der Waals surface area contributed by atoms with Crippen LogP contribution in [0.2, 0.25) is 0 Å². The molecule has 1 aliphatic heterocycles. The molecule has 3 unspecified atom stereocenters. The second-order valence-electron chi connectivity index (χ2n) is 3.39. The molecular formula is C9H13NO2S. The number of rotatable bonds is 2. The minimum Gasteiger partial charge on any atom is -0.387 e. The molecule has 1 fully saturated rings. The zero-order valence-electron chi connectivity index (χ0n) is 7.51. The molecule has 72 valence electrons. The van der Waals surface area contributed by atoms with Gasteiger partial charge in [-0.25, -0.2) is 4.37 Å². The first-order chi connectivity index (χ1) is 6.29. The first-order valence-corrected chi connectivity index (χ1v) is 5.26. The summed E-state index contributed by atoms with van der Waals surface area (Å²) in [5.41, 5.74) is 0. The van der Waals surface area contributed by atoms with Gasteiger partial charge in [0.1, 0.15) is 0 Å². The summed E-state index contributed by atoms with van der Waals surface area (Å²) >= 11 is 1.36. The monoisotopic (exact) mass is 199 g/mol. The SMILES string of the molecule is CC1OCCC1C(O)c1ccns1. The maximum atomic E-state index is 9.97. The molecule has 0 aliphatic carbocycles. The van der Waals surface area contributed by atoms with Gasteiger partial charge in [0.2, 0.25) is 0 Å². The minimum atomic E-state index is -0.398. The molecule has 0 saturated carbocycles. The predicted molar refractivity (Wildman–Crippen MR) is 50.6 cm³/mol. The van der Waals surface area contributed by atoms with E-state index in [-0.39, 0.29) is 12.0 Å². The smallest absolute Gasteiger partial charge is 0.0951 e. The fourth-order valence-electron chi connectivity index (χ4n) is 1.75. The number of aromatic nitrogens is 1. The van der Waals surface area contributed by atoms with Crippen molar-refractivity contribution in [3.05, 3.63) is 17.1 Å². The number of nitrogens with zero attached hydrogens (tertiary/aromatic N) is 1. The molecule has 4 heteroatoms. The van der Waals surface area contributed by atoms with E-state index in [1.165, 1.54) is 11.5 Å². The quantitative estimate of drug-likeness (QED) is 0.786. The molecule has 0 radical (unpaired) electrons. The van der Waals surface area contributed by atoms with Gasteiger partial charge in [-0.05, 0) is 30.9 Å². The van der Waals surface area contributed by atoms with Crippen molar-refractivity contribution in [1.29, 1.82) is 0 Å². The van der Waals surface area contributed by atoms with E-state index in [4.69, 9.17) is 4.74 Å². The van der Waals surface area contributed by atoms with Gasteiger partial charge < -0.3 is 9.84 Å². The molecule has 3 nitrogen and oxygen atoms in total. The van der Waals surface area contributed by atoms with Crippen LogP contribution in [-0.4, -0.2) is 22.2 Å². The van der Waals surface area contributed by atoms with Gasteiger partial charge in [-0.3, -0.25) is 0 Å². The van der Waals surface area contributed by atoms with Gasteiger partial charge in [0.15, 0.2) is 0 Å². The highest BCUT2D eigenvalue weighted by atomic mass is 32.1. The molecule has 1 N–H and O–H groups in total. The summed E-state index contributed by atoms with van der Waals surface area (Å²) < 4.78 is 9.39. The third-order valence-electron chi connectivity index (χ3n) is 2.59. The molecule has 0 aromatic carbocycles. The van der Waals surface area contributed by atoms with E-state index < -0.39 is 6.10 Å². The van der Waals surface area contributed by atoms with Crippen LogP contribution in [0.25, 0.3) is 0 Å². The fourth-order valence-corrected chi connectivity index (χ4v) is 2.40. The van der Waals surface area contributed by atoms with Crippen molar-refractivity contribution in [2.45, 2.75) is 25.6 Å². The minimum absolute atomic E-state index is 0.164. The molecule has 1 aliphatic rings. The van der Waals surface area contributed by atoms with Gasteiger partial charge in [0.05, 0.1) is 17.1 Å². The van der Waals surface area contributed by atoms with Crippen LogP contribution in [0.3, 0.4) is 0 Å². The van der Waals surface area contributed by atoms with Gasteiger partial charge in [-0.1, -0.05) is 0 Å². The van der Waals surface area contributed by atoms with Crippen LogP contribution in [-0.2, 0) is 4.74 Å². The van der Waals surface area contributed by atoms with E-state index >= 15 is 0 Å². The number of ether oxygens (including phenoxy) is 1. The van der Waals surface area contributed by atoms with Crippen molar-refractivity contribution < 1.29 is 9.84 Å². The summed E-state index contributed by atoms with van der Waals surface area (Å²) in [5, 5.41) is 9.97. The van der Waals surface area contributed by atoms with E-state index in [0.29, 0.717) is 0 Å². The average molecular weight is 199 g/mol. The topological polar surface area (TPSA) is 42.4 Å². The lowest BCUT2D eigenvalue weighted by Gasteiger charge is -2.18. The van der Waals surface area contributed by atoms with Crippen LogP contribution in [0.1, 0.15) is 24.3 Å². The van der Waals surface area contributed by atoms with E-state index in [1.54, 1.807) is 6.20 Å². The predicted octanol–water partition coefficient (Wildman–Crippen LogP) is 1.60. The maximum Gasteiger partial charge on any atom is 0.0951 e. The van der Waals surface area contributed by atoms with E-state index in [0.717, 1.165) is 17.9 Å². The molecule has 0 amide bonds. The van der Waals surface area contributed by atoms with Crippen LogP contribution < -0.4 is 0 Å². The van der Waals surface area contributed by atoms with Gasteiger partial charge >= 0.3 is 0 Å². The Balaban J connectivity index is 2.08. The number of aliphatic hydroxyl groups excluding tert-OH is 1. The van der Waals surface area contributed by atoms with Crippen LogP contribution in [0.5, 0.6) is 0 Å². The van der Waals surface area contributed by atoms with Crippen molar-refractivity contribution in [3.8, 4) is 0 Å². The van der Waals surface area contributed by atoms with Gasteiger partial charge in [0, 0.05) is 18.7 Å². The average Bonchev–Trinajstić information content (AvgIpc) is 2.72. The first kappa shape index (κ1) is 9.12. The number of hydrogen-bond acceptors (Lipinski definition) is 4. The van der Waals surface area contributed by atoms with E-state index in [2.05, 4.69) is 4.37 Å². The van der Waals surface area contributed by atoms with Crippen LogP contribution in [0.15, 0.2) is 12.3 Å². The zero-order valence-corrected chi connectivity index (χ0v) is 8.33. The van der Waals surface area contributed by atoms with E-state index in [9.17, 15) is 5.11 Å². The van der Waals surface area contributed by atoms with E-state index in [1.807, 2.05) is 13.0 Å². The Hall–Kier alpha value is -0.450. The van der Waals surface area contributed by atoms with Gasteiger partial charge in [-0.2, -0.15) is 0 Å². The number of hydrogen-bond donors (Lipinski definition) is 1. The third-order valence-corrected chi connectivity index (χ3v) is 3.41. The maximum absolute atomic E-state index is 9.97. The standard InChI is InChI=1S/C9H13NO2S/c1-6-7(3-5-12-6)9(11)8-2-4-10-13-8/h2,4,6-7,9,11H,3,5H2,1H3. The van der Waals surface area contributed by atoms with Crippen LogP contribution in [0.4, 0.5) is 0 Å². The summed E-state index contributed by atoms with van der Waals surface area (Å²) in [5.74, 6) is 0.237. The molecule has 2 rings (SSSR count). The lowest BCUT2D eigenvalue weighted by Crippen LogP contribution is -2.18. The highest BCUT2D eigenvalue weighted by Gasteiger charge is 2.32. The van der Waals surface area contributed by atoms with Crippen molar-refractivity contribution in [2.75, 3.05) is 6.61 Å².